The van der Waals surface area contributed by atoms with Crippen LogP contribution < -0.4 is 15.4 Å². The highest BCUT2D eigenvalue weighted by molar-refractivity contribution is 6.06. The Bertz CT molecular complexity index is 2140. The fraction of sp³-hybridized carbons (Fsp3) is 0.348. The van der Waals surface area contributed by atoms with E-state index in [1.807, 2.05) is 53.4 Å². The lowest BCUT2D eigenvalue weighted by molar-refractivity contribution is -0.137. The lowest BCUT2D eigenvalue weighted by Gasteiger charge is -2.34. The number of benzene rings is 4. The van der Waals surface area contributed by atoms with Crippen molar-refractivity contribution in [2.75, 3.05) is 51.2 Å². The molecule has 7 rings (SSSR count). The second-order valence-electron chi connectivity index (χ2n) is 15.0. The number of rotatable bonds is 15. The van der Waals surface area contributed by atoms with Crippen molar-refractivity contribution in [3.63, 3.8) is 0 Å². The van der Waals surface area contributed by atoms with E-state index in [4.69, 9.17) is 4.74 Å². The third kappa shape index (κ3) is 9.34. The van der Waals surface area contributed by atoms with Gasteiger partial charge in [0.2, 0.25) is 17.7 Å². The van der Waals surface area contributed by atoms with E-state index in [1.165, 1.54) is 0 Å². The molecule has 4 aromatic rings. The number of phenols is 2. The Morgan fingerprint density at radius 3 is 2.14 bits per heavy atom. The summed E-state index contributed by atoms with van der Waals surface area (Å²) in [6.07, 6.45) is 3.34. The van der Waals surface area contributed by atoms with E-state index >= 15 is 0 Å². The minimum Gasteiger partial charge on any atom is -0.508 e. The Balaban J connectivity index is 0.832. The molecule has 2 fully saturated rings. The number of carbonyl (C=O) groups excluding carboxylic acids is 4. The molecule has 3 heterocycles. The molecule has 1 unspecified atom stereocenters. The van der Waals surface area contributed by atoms with Gasteiger partial charge in [0.15, 0.2) is 0 Å². The number of nitrogens with zero attached hydrogens (tertiary/aromatic N) is 3. The Morgan fingerprint density at radius 2 is 1.48 bits per heavy atom. The number of fused-ring (bicyclic) bond motifs is 1. The second kappa shape index (κ2) is 18.4. The highest BCUT2D eigenvalue weighted by Crippen LogP contribution is 2.36. The highest BCUT2D eigenvalue weighted by Gasteiger charge is 2.39. The number of ether oxygens (including phenoxy) is 1. The third-order valence-corrected chi connectivity index (χ3v) is 11.3. The number of piperidine rings is 1. The Kier molecular flexibility index (Phi) is 12.7. The van der Waals surface area contributed by atoms with Crippen molar-refractivity contribution < 1.29 is 34.1 Å². The minimum absolute atomic E-state index is 0.166. The molecule has 4 N–H and O–H groups in total. The summed E-state index contributed by atoms with van der Waals surface area (Å²) in [6, 6.07) is 27.4. The van der Waals surface area contributed by atoms with Gasteiger partial charge in [-0.2, -0.15) is 0 Å². The first-order valence-corrected chi connectivity index (χ1v) is 20.2. The van der Waals surface area contributed by atoms with Crippen molar-refractivity contribution in [2.24, 2.45) is 0 Å². The maximum absolute atomic E-state index is 13.1. The number of imide groups is 1. The van der Waals surface area contributed by atoms with Crippen LogP contribution in [0.25, 0.3) is 11.1 Å². The zero-order valence-corrected chi connectivity index (χ0v) is 32.9. The molecule has 0 aliphatic carbocycles. The monoisotopic (exact) mass is 785 g/mol. The lowest BCUT2D eigenvalue weighted by atomic mass is 9.88. The molecule has 58 heavy (non-hydrogen) atoms. The molecule has 12 nitrogen and oxygen atoms in total. The van der Waals surface area contributed by atoms with Crippen LogP contribution in [0.15, 0.2) is 91.0 Å². The summed E-state index contributed by atoms with van der Waals surface area (Å²) in [7, 11) is 0. The lowest BCUT2D eigenvalue weighted by Crippen LogP contribution is -2.52. The number of unbranched alkanes of at least 4 members (excludes halogenated alkanes) is 1. The predicted molar refractivity (Wildman–Crippen MR) is 222 cm³/mol. The normalized spacial score (nSPS) is 17.5. The van der Waals surface area contributed by atoms with Gasteiger partial charge in [-0.05, 0) is 102 Å². The first kappa shape index (κ1) is 40.1. The molecule has 0 radical (unpaired) electrons. The molecule has 2 saturated heterocycles. The van der Waals surface area contributed by atoms with Crippen LogP contribution in [0.3, 0.4) is 0 Å². The summed E-state index contributed by atoms with van der Waals surface area (Å²) in [5, 5.41) is 25.6. The number of allylic oxidation sites excluding steroid dienone is 1. The van der Waals surface area contributed by atoms with Gasteiger partial charge in [-0.3, -0.25) is 29.4 Å². The van der Waals surface area contributed by atoms with Gasteiger partial charge in [-0.25, -0.2) is 0 Å². The Hall–Kier alpha value is -6.14. The highest BCUT2D eigenvalue weighted by atomic mass is 16.5. The molecule has 3 aliphatic heterocycles. The van der Waals surface area contributed by atoms with Crippen LogP contribution in [0.4, 0.5) is 5.69 Å². The number of hydrogen-bond acceptors (Lipinski definition) is 9. The summed E-state index contributed by atoms with van der Waals surface area (Å²) in [6.45, 7) is 7.34. The number of phenolic OH excluding ortho intramolecular Hbond substituents is 2. The molecule has 0 spiro atoms. The second-order valence-corrected chi connectivity index (χ2v) is 15.0. The van der Waals surface area contributed by atoms with E-state index in [1.54, 1.807) is 35.2 Å². The average molecular weight is 786 g/mol. The topological polar surface area (TPSA) is 152 Å². The molecule has 3 aliphatic rings. The van der Waals surface area contributed by atoms with Crippen LogP contribution in [0.5, 0.6) is 17.2 Å². The van der Waals surface area contributed by atoms with E-state index in [-0.39, 0.29) is 35.6 Å². The third-order valence-electron chi connectivity index (χ3n) is 11.3. The SMILES string of the molecule is CCC(=C(c1ccc(O)cc1)c1ccc(OCCN2CCN(C(=O)CCCCNc3cccc4c3CN(C3CCC(=O)NC3=O)C4=O)CC2)cc1)c1ccc(O)cc1. The largest absolute Gasteiger partial charge is 0.508 e. The van der Waals surface area contributed by atoms with E-state index in [9.17, 15) is 29.4 Å². The van der Waals surface area contributed by atoms with Gasteiger partial charge in [0, 0.05) is 75.5 Å². The molecule has 0 bridgehead atoms. The van der Waals surface area contributed by atoms with Crippen LogP contribution in [0.1, 0.15) is 78.1 Å². The number of carbonyl (C=O) groups is 4. The first-order chi connectivity index (χ1) is 28.2. The van der Waals surface area contributed by atoms with E-state index in [2.05, 4.69) is 34.6 Å². The van der Waals surface area contributed by atoms with E-state index < -0.39 is 11.9 Å². The quantitative estimate of drug-likeness (QED) is 0.0643. The number of hydrogen-bond donors (Lipinski definition) is 4. The minimum atomic E-state index is -0.647. The zero-order valence-electron chi connectivity index (χ0n) is 32.9. The van der Waals surface area contributed by atoms with Crippen molar-refractivity contribution >= 4 is 40.5 Å². The van der Waals surface area contributed by atoms with Gasteiger partial charge in [-0.1, -0.05) is 49.4 Å². The average Bonchev–Trinajstić information content (AvgIpc) is 3.57. The Labute approximate surface area is 339 Å². The van der Waals surface area contributed by atoms with Crippen LogP contribution in [-0.2, 0) is 20.9 Å². The number of nitrogens with one attached hydrogen (secondary N) is 2. The van der Waals surface area contributed by atoms with E-state index in [0.29, 0.717) is 51.2 Å². The van der Waals surface area contributed by atoms with E-state index in [0.717, 1.165) is 83.7 Å². The van der Waals surface area contributed by atoms with Gasteiger partial charge in [-0.15, -0.1) is 0 Å². The van der Waals surface area contributed by atoms with Crippen LogP contribution in [0.2, 0.25) is 0 Å². The molecular formula is C46H51N5O7. The summed E-state index contributed by atoms with van der Waals surface area (Å²) >= 11 is 0. The summed E-state index contributed by atoms with van der Waals surface area (Å²) < 4.78 is 6.15. The number of anilines is 1. The Morgan fingerprint density at radius 1 is 0.828 bits per heavy atom. The summed E-state index contributed by atoms with van der Waals surface area (Å²) in [5.41, 5.74) is 7.50. The smallest absolute Gasteiger partial charge is 0.255 e. The predicted octanol–water partition coefficient (Wildman–Crippen LogP) is 6.03. The summed E-state index contributed by atoms with van der Waals surface area (Å²) in [4.78, 5) is 56.0. The van der Waals surface area contributed by atoms with Crippen molar-refractivity contribution in [1.29, 1.82) is 0 Å². The molecular weight excluding hydrogens is 735 g/mol. The van der Waals surface area contributed by atoms with Gasteiger partial charge < -0.3 is 30.1 Å². The van der Waals surface area contributed by atoms with Crippen molar-refractivity contribution in [1.82, 2.24) is 20.0 Å². The fourth-order valence-corrected chi connectivity index (χ4v) is 8.10. The molecule has 0 saturated carbocycles. The van der Waals surface area contributed by atoms with Crippen molar-refractivity contribution in [2.45, 2.75) is 58.0 Å². The van der Waals surface area contributed by atoms with Crippen LogP contribution in [-0.4, -0.2) is 100 Å². The zero-order chi connectivity index (χ0) is 40.6. The van der Waals surface area contributed by atoms with Gasteiger partial charge in [0.05, 0.1) is 0 Å². The molecule has 4 aromatic carbocycles. The number of amides is 4. The van der Waals surface area contributed by atoms with Gasteiger partial charge in [0.1, 0.15) is 29.9 Å². The number of piperazine rings is 1. The molecule has 0 aromatic heterocycles. The molecule has 302 valence electrons. The van der Waals surface area contributed by atoms with Crippen LogP contribution in [0, 0.1) is 0 Å². The van der Waals surface area contributed by atoms with Crippen molar-refractivity contribution in [3.05, 3.63) is 119 Å². The number of aromatic hydroxyl groups is 2. The van der Waals surface area contributed by atoms with Gasteiger partial charge >= 0.3 is 0 Å². The molecule has 1 atom stereocenters. The van der Waals surface area contributed by atoms with Gasteiger partial charge in [0.25, 0.3) is 5.91 Å². The van der Waals surface area contributed by atoms with Crippen LogP contribution >= 0.6 is 0 Å². The fourth-order valence-electron chi connectivity index (χ4n) is 8.10. The standard InChI is InChI=1S/C46H51N5O7/c1-2-37(31-9-15-34(52)16-10-31)44(32-11-17-35(53)18-12-32)33-13-19-36(20-14-33)58-29-28-49-24-26-50(27-25-49)43(55)8-3-4-23-47-40-7-5-6-38-39(40)30-51(46(38)57)41-21-22-42(54)48-45(41)56/h5-7,9-20,41,47,52-53H,2-4,8,21-30H2,1H3,(H,48,54,56). The summed E-state index contributed by atoms with van der Waals surface area (Å²) in [5.74, 6) is 0.453. The maximum atomic E-state index is 13.1. The van der Waals surface area contributed by atoms with Crippen molar-refractivity contribution in [3.8, 4) is 17.2 Å². The molecule has 12 heteroatoms. The maximum Gasteiger partial charge on any atom is 0.255 e. The first-order valence-electron chi connectivity index (χ1n) is 20.2. The molecule has 4 amide bonds.